The molecule has 0 radical (unpaired) electrons. The van der Waals surface area contributed by atoms with E-state index < -0.39 is 11.7 Å². The van der Waals surface area contributed by atoms with Crippen LogP contribution in [0.25, 0.3) is 11.0 Å². The van der Waals surface area contributed by atoms with E-state index in [4.69, 9.17) is 9.15 Å². The third-order valence-electron chi connectivity index (χ3n) is 4.88. The molecule has 1 aliphatic heterocycles. The number of hydrogen-bond acceptors (Lipinski definition) is 6. The molecule has 3 aromatic rings. The lowest BCUT2D eigenvalue weighted by Crippen LogP contribution is -2.49. The average molecular weight is 394 g/mol. The zero-order chi connectivity index (χ0) is 20.4. The summed E-state index contributed by atoms with van der Waals surface area (Å²) in [6, 6.07) is 13.7. The number of nitrogens with one attached hydrogen (secondary N) is 1. The van der Waals surface area contributed by atoms with Gasteiger partial charge in [-0.3, -0.25) is 4.79 Å². The van der Waals surface area contributed by atoms with Crippen LogP contribution in [0.3, 0.4) is 0 Å². The van der Waals surface area contributed by atoms with E-state index in [1.807, 2.05) is 36.1 Å². The second-order valence-corrected chi connectivity index (χ2v) is 7.02. The Morgan fingerprint density at radius 3 is 2.90 bits per heavy atom. The number of benzene rings is 2. The van der Waals surface area contributed by atoms with Gasteiger partial charge >= 0.3 is 5.63 Å². The molecule has 0 bridgehead atoms. The Bertz CT molecular complexity index is 1110. The van der Waals surface area contributed by atoms with Crippen LogP contribution in [0.1, 0.15) is 18.9 Å². The maximum Gasteiger partial charge on any atom is 0.336 e. The Hall–Kier alpha value is -3.48. The maximum absolute atomic E-state index is 12.5. The molecular formula is C22H22N2O5. The number of carbonyl (C=O) groups excluding carboxylic acids is 1. The standard InChI is InChI=1S/C22H22N2O5/c1-2-9-23-22(27)20-13-24(17-5-3-4-6-18(17)28-20)12-14-10-21(26)29-19-11-15(25)7-8-16(14)19/h3-8,10-11,20,25H,2,9,12-13H2,1H3,(H,23,27)/t20-/m1/s1. The maximum atomic E-state index is 12.5. The van der Waals surface area contributed by atoms with Crippen molar-refractivity contribution in [3.63, 3.8) is 0 Å². The predicted octanol–water partition coefficient (Wildman–Crippen LogP) is 2.79. The number of fused-ring (bicyclic) bond motifs is 2. The molecule has 150 valence electrons. The van der Waals surface area contributed by atoms with Gasteiger partial charge in [0, 0.05) is 30.6 Å². The normalized spacial score (nSPS) is 15.6. The van der Waals surface area contributed by atoms with Crippen molar-refractivity contribution in [2.45, 2.75) is 26.0 Å². The zero-order valence-electron chi connectivity index (χ0n) is 16.1. The first kappa shape index (κ1) is 18.9. The molecule has 0 aliphatic carbocycles. The van der Waals surface area contributed by atoms with Gasteiger partial charge in [-0.1, -0.05) is 19.1 Å². The van der Waals surface area contributed by atoms with Crippen LogP contribution in [0.4, 0.5) is 5.69 Å². The van der Waals surface area contributed by atoms with E-state index in [-0.39, 0.29) is 11.7 Å². The topological polar surface area (TPSA) is 92.0 Å². The number of anilines is 1. The second-order valence-electron chi connectivity index (χ2n) is 7.02. The Morgan fingerprint density at radius 2 is 2.07 bits per heavy atom. The van der Waals surface area contributed by atoms with Crippen molar-refractivity contribution in [2.75, 3.05) is 18.0 Å². The molecule has 7 nitrogen and oxygen atoms in total. The van der Waals surface area contributed by atoms with Gasteiger partial charge in [0.15, 0.2) is 6.10 Å². The first-order valence-corrected chi connectivity index (χ1v) is 9.59. The minimum Gasteiger partial charge on any atom is -0.508 e. The molecule has 29 heavy (non-hydrogen) atoms. The van der Waals surface area contributed by atoms with Gasteiger partial charge in [-0.25, -0.2) is 4.79 Å². The summed E-state index contributed by atoms with van der Waals surface area (Å²) < 4.78 is 11.1. The summed E-state index contributed by atoms with van der Waals surface area (Å²) >= 11 is 0. The monoisotopic (exact) mass is 394 g/mol. The van der Waals surface area contributed by atoms with Crippen LogP contribution in [-0.4, -0.2) is 30.2 Å². The molecule has 1 aliphatic rings. The van der Waals surface area contributed by atoms with E-state index in [2.05, 4.69) is 5.32 Å². The Morgan fingerprint density at radius 1 is 1.24 bits per heavy atom. The molecule has 0 saturated carbocycles. The van der Waals surface area contributed by atoms with Gasteiger partial charge in [-0.2, -0.15) is 0 Å². The molecule has 2 aromatic carbocycles. The third-order valence-corrected chi connectivity index (χ3v) is 4.88. The van der Waals surface area contributed by atoms with Gasteiger partial charge < -0.3 is 24.5 Å². The summed E-state index contributed by atoms with van der Waals surface area (Å²) in [6.45, 7) is 3.33. The van der Waals surface area contributed by atoms with Crippen molar-refractivity contribution in [1.29, 1.82) is 0 Å². The third kappa shape index (κ3) is 3.89. The number of aromatic hydroxyl groups is 1. The van der Waals surface area contributed by atoms with Gasteiger partial charge in [0.1, 0.15) is 17.1 Å². The summed E-state index contributed by atoms with van der Waals surface area (Å²) in [6.07, 6.45) is 0.198. The summed E-state index contributed by atoms with van der Waals surface area (Å²) in [5.74, 6) is 0.496. The number of nitrogens with zero attached hydrogens (tertiary/aromatic N) is 1. The number of rotatable bonds is 5. The molecule has 2 heterocycles. The van der Waals surface area contributed by atoms with E-state index in [0.29, 0.717) is 31.0 Å². The summed E-state index contributed by atoms with van der Waals surface area (Å²) in [5.41, 5.74) is 1.44. The molecule has 0 unspecified atom stereocenters. The molecule has 1 aromatic heterocycles. The quantitative estimate of drug-likeness (QED) is 0.647. The van der Waals surface area contributed by atoms with E-state index >= 15 is 0 Å². The molecular weight excluding hydrogens is 372 g/mol. The number of ether oxygens (including phenoxy) is 1. The fraction of sp³-hybridized carbons (Fsp3) is 0.273. The predicted molar refractivity (Wildman–Crippen MR) is 109 cm³/mol. The highest BCUT2D eigenvalue weighted by atomic mass is 16.5. The number of hydrogen-bond donors (Lipinski definition) is 2. The molecule has 2 N–H and O–H groups in total. The minimum atomic E-state index is -0.646. The summed E-state index contributed by atoms with van der Waals surface area (Å²) in [4.78, 5) is 26.6. The zero-order valence-corrected chi connectivity index (χ0v) is 16.1. The number of phenolic OH excluding ortho intramolecular Hbond substituents is 1. The van der Waals surface area contributed by atoms with E-state index in [1.54, 1.807) is 12.1 Å². The lowest BCUT2D eigenvalue weighted by Gasteiger charge is -2.35. The van der Waals surface area contributed by atoms with Crippen LogP contribution in [0, 0.1) is 0 Å². The van der Waals surface area contributed by atoms with Crippen LogP contribution >= 0.6 is 0 Å². The van der Waals surface area contributed by atoms with Crippen molar-refractivity contribution in [2.24, 2.45) is 0 Å². The largest absolute Gasteiger partial charge is 0.508 e. The van der Waals surface area contributed by atoms with Crippen LogP contribution in [0.2, 0.25) is 0 Å². The minimum absolute atomic E-state index is 0.0298. The van der Waals surface area contributed by atoms with E-state index in [0.717, 1.165) is 23.1 Å². The number of carbonyl (C=O) groups is 1. The Balaban J connectivity index is 1.69. The summed E-state index contributed by atoms with van der Waals surface area (Å²) in [7, 11) is 0. The molecule has 0 saturated heterocycles. The van der Waals surface area contributed by atoms with Gasteiger partial charge in [0.2, 0.25) is 0 Å². The van der Waals surface area contributed by atoms with Crippen molar-refractivity contribution in [3.05, 3.63) is 64.5 Å². The van der Waals surface area contributed by atoms with Crippen LogP contribution in [0.5, 0.6) is 11.5 Å². The first-order valence-electron chi connectivity index (χ1n) is 9.59. The average Bonchev–Trinajstić information content (AvgIpc) is 2.71. The van der Waals surface area contributed by atoms with Crippen molar-refractivity contribution < 1.29 is 19.1 Å². The molecule has 1 atom stereocenters. The lowest BCUT2D eigenvalue weighted by atomic mass is 10.1. The SMILES string of the molecule is CCCNC(=O)[C@H]1CN(Cc2cc(=O)oc3cc(O)ccc23)c2ccccc2O1. The van der Waals surface area contributed by atoms with Crippen LogP contribution < -0.4 is 20.6 Å². The highest BCUT2D eigenvalue weighted by Gasteiger charge is 2.30. The van der Waals surface area contributed by atoms with Crippen LogP contribution in [0.15, 0.2) is 57.7 Å². The molecule has 0 fully saturated rings. The number of amides is 1. The van der Waals surface area contributed by atoms with Crippen molar-refractivity contribution in [3.8, 4) is 11.5 Å². The Kier molecular flexibility index (Phi) is 5.12. The van der Waals surface area contributed by atoms with Gasteiger partial charge in [-0.05, 0) is 36.2 Å². The highest BCUT2D eigenvalue weighted by molar-refractivity contribution is 5.84. The van der Waals surface area contributed by atoms with Gasteiger partial charge in [0.05, 0.1) is 12.2 Å². The Labute approximate surface area is 167 Å². The van der Waals surface area contributed by atoms with E-state index in [9.17, 15) is 14.7 Å². The molecule has 0 spiro atoms. The molecule has 7 heteroatoms. The van der Waals surface area contributed by atoms with Crippen molar-refractivity contribution >= 4 is 22.6 Å². The van der Waals surface area contributed by atoms with Crippen LogP contribution in [-0.2, 0) is 11.3 Å². The number of phenols is 1. The number of para-hydroxylation sites is 2. The molecule has 4 rings (SSSR count). The van der Waals surface area contributed by atoms with Crippen molar-refractivity contribution in [1.82, 2.24) is 5.32 Å². The first-order chi connectivity index (χ1) is 14.0. The second kappa shape index (κ2) is 7.87. The summed E-state index contributed by atoms with van der Waals surface area (Å²) in [5, 5.41) is 13.3. The van der Waals surface area contributed by atoms with Gasteiger partial charge in [0.25, 0.3) is 5.91 Å². The molecule has 1 amide bonds. The smallest absolute Gasteiger partial charge is 0.336 e. The van der Waals surface area contributed by atoms with Gasteiger partial charge in [-0.15, -0.1) is 0 Å². The fourth-order valence-corrected chi connectivity index (χ4v) is 3.51. The van der Waals surface area contributed by atoms with E-state index in [1.165, 1.54) is 12.1 Å². The lowest BCUT2D eigenvalue weighted by molar-refractivity contribution is -0.127. The fourth-order valence-electron chi connectivity index (χ4n) is 3.51. The highest BCUT2D eigenvalue weighted by Crippen LogP contribution is 2.35.